The first kappa shape index (κ1) is 20.6. The van der Waals surface area contributed by atoms with Gasteiger partial charge in [-0.25, -0.2) is 9.59 Å². The van der Waals surface area contributed by atoms with Gasteiger partial charge in [0, 0.05) is 11.5 Å². The van der Waals surface area contributed by atoms with Gasteiger partial charge < -0.3 is 10.4 Å². The van der Waals surface area contributed by atoms with Gasteiger partial charge >= 0.3 is 11.6 Å². The number of fused-ring (bicyclic) bond motifs is 1. The predicted molar refractivity (Wildman–Crippen MR) is 105 cm³/mol. The minimum atomic E-state index is -1.19. The number of rotatable bonds is 7. The summed E-state index contributed by atoms with van der Waals surface area (Å²) in [6.07, 6.45) is 1.07. The Bertz CT molecular complexity index is 1110. The SMILES string of the molecule is Cc1nnc(SCC2=C(C(=O)O)N3C(=O)C(NC(=O)C[n+]4cc(=O)o[nH]4)[C@@H]3SC2)s1. The first-order valence-corrected chi connectivity index (χ1v) is 11.4. The van der Waals surface area contributed by atoms with Crippen LogP contribution in [0.2, 0.25) is 0 Å². The normalized spacial score (nSPS) is 20.7. The van der Waals surface area contributed by atoms with Gasteiger partial charge in [0.15, 0.2) is 4.34 Å². The smallest absolute Gasteiger partial charge is 0.426 e. The van der Waals surface area contributed by atoms with E-state index in [0.717, 1.165) is 20.2 Å². The number of hydrogen-bond acceptors (Lipinski definition) is 10. The number of aliphatic carboxylic acids is 1. The van der Waals surface area contributed by atoms with Crippen molar-refractivity contribution in [3.8, 4) is 0 Å². The number of aromatic amines is 1. The van der Waals surface area contributed by atoms with Crippen LogP contribution in [-0.2, 0) is 20.9 Å². The van der Waals surface area contributed by atoms with Gasteiger partial charge in [0.25, 0.3) is 24.6 Å². The molecule has 0 bridgehead atoms. The highest BCUT2D eigenvalue weighted by Gasteiger charge is 2.54. The Balaban J connectivity index is 1.43. The first-order chi connectivity index (χ1) is 14.3. The third-order valence-electron chi connectivity index (χ3n) is 4.28. The van der Waals surface area contributed by atoms with E-state index in [2.05, 4.69) is 25.3 Å². The Morgan fingerprint density at radius 3 is 2.90 bits per heavy atom. The molecule has 15 heteroatoms. The minimum absolute atomic E-state index is 0.0449. The largest absolute Gasteiger partial charge is 0.477 e. The van der Waals surface area contributed by atoms with Crippen molar-refractivity contribution in [1.29, 1.82) is 0 Å². The number of β-lactam (4-membered cyclic amide) rings is 1. The van der Waals surface area contributed by atoms with Crippen LogP contribution in [0, 0.1) is 6.92 Å². The molecule has 0 spiro atoms. The molecule has 1 fully saturated rings. The molecule has 3 N–H and O–H groups in total. The van der Waals surface area contributed by atoms with E-state index in [1.54, 1.807) is 0 Å². The van der Waals surface area contributed by atoms with Crippen LogP contribution in [-0.4, -0.2) is 66.2 Å². The highest BCUT2D eigenvalue weighted by Crippen LogP contribution is 2.41. The molecule has 12 nitrogen and oxygen atoms in total. The standard InChI is InChI=1S/C15H14N6O6S3/c1-6-17-18-15(30-6)29-5-7-4-28-13-10(12(24)21(13)11(7)14(25)26)16-8(22)2-20-3-9(23)27-19-20/h3,10,13H,2,4-5H2,1H3,(H2-,16,19,22,23,25,26)/p+1/t10?,13-/m0/s1. The van der Waals surface area contributed by atoms with E-state index in [1.807, 2.05) is 6.92 Å². The van der Waals surface area contributed by atoms with Crippen LogP contribution in [0.4, 0.5) is 0 Å². The van der Waals surface area contributed by atoms with Crippen LogP contribution in [0.3, 0.4) is 0 Å². The molecule has 1 saturated heterocycles. The fraction of sp³-hybridized carbons (Fsp3) is 0.400. The molecule has 2 aliphatic rings. The van der Waals surface area contributed by atoms with Crippen molar-refractivity contribution in [1.82, 2.24) is 25.7 Å². The average molecular weight is 472 g/mol. The van der Waals surface area contributed by atoms with Gasteiger partial charge in [-0.3, -0.25) is 19.0 Å². The van der Waals surface area contributed by atoms with Crippen molar-refractivity contribution in [2.24, 2.45) is 0 Å². The van der Waals surface area contributed by atoms with E-state index >= 15 is 0 Å². The van der Waals surface area contributed by atoms with E-state index in [-0.39, 0.29) is 12.2 Å². The number of carbonyl (C=O) groups is 3. The first-order valence-electron chi connectivity index (χ1n) is 8.53. The van der Waals surface area contributed by atoms with Crippen molar-refractivity contribution in [2.75, 3.05) is 11.5 Å². The number of hydrogen-bond donors (Lipinski definition) is 3. The van der Waals surface area contributed by atoms with Gasteiger partial charge in [0.1, 0.15) is 22.1 Å². The van der Waals surface area contributed by atoms with Gasteiger partial charge in [0.2, 0.25) is 0 Å². The lowest BCUT2D eigenvalue weighted by Gasteiger charge is -2.49. The second-order valence-electron chi connectivity index (χ2n) is 6.36. The van der Waals surface area contributed by atoms with Crippen molar-refractivity contribution in [3.63, 3.8) is 0 Å². The third-order valence-corrected chi connectivity index (χ3v) is 7.68. The molecule has 158 valence electrons. The lowest BCUT2D eigenvalue weighted by molar-refractivity contribution is -0.751. The molecular weight excluding hydrogens is 456 g/mol. The molecule has 2 amide bonds. The molecule has 2 aromatic rings. The Morgan fingerprint density at radius 1 is 1.47 bits per heavy atom. The van der Waals surface area contributed by atoms with E-state index in [4.69, 9.17) is 0 Å². The molecule has 0 aromatic carbocycles. The number of carbonyl (C=O) groups excluding carboxylic acids is 2. The molecule has 2 aromatic heterocycles. The molecular formula is C15H15N6O6S3+. The number of nitrogens with one attached hydrogen (secondary N) is 2. The summed E-state index contributed by atoms with van der Waals surface area (Å²) in [5, 5.41) is 22.8. The Kier molecular flexibility index (Phi) is 5.66. The second-order valence-corrected chi connectivity index (χ2v) is 9.87. The van der Waals surface area contributed by atoms with Gasteiger partial charge in [-0.05, 0) is 17.8 Å². The number of carboxylic acid groups (broad SMARTS) is 1. The predicted octanol–water partition coefficient (Wildman–Crippen LogP) is -1.05. The van der Waals surface area contributed by atoms with Crippen molar-refractivity contribution in [3.05, 3.63) is 32.9 Å². The summed E-state index contributed by atoms with van der Waals surface area (Å²) < 4.78 is 6.34. The van der Waals surface area contributed by atoms with E-state index in [1.165, 1.54) is 39.8 Å². The Labute approximate surface area is 180 Å². The van der Waals surface area contributed by atoms with Crippen LogP contribution in [0.15, 0.2) is 31.1 Å². The summed E-state index contributed by atoms with van der Waals surface area (Å²) >= 11 is 4.18. The topological polar surface area (TPSA) is 162 Å². The average Bonchev–Trinajstić information content (AvgIpc) is 3.31. The minimum Gasteiger partial charge on any atom is -0.477 e. The van der Waals surface area contributed by atoms with Crippen LogP contribution in [0.1, 0.15) is 5.01 Å². The summed E-state index contributed by atoms with van der Waals surface area (Å²) in [5.74, 6) is -1.39. The molecule has 1 unspecified atom stereocenters. The van der Waals surface area contributed by atoms with E-state index < -0.39 is 34.8 Å². The summed E-state index contributed by atoms with van der Waals surface area (Å²) in [6.45, 7) is 1.60. The highest BCUT2D eigenvalue weighted by molar-refractivity contribution is 8.01. The number of aromatic nitrogens is 4. The number of amides is 2. The Hall–Kier alpha value is -2.65. The molecule has 2 aliphatic heterocycles. The summed E-state index contributed by atoms with van der Waals surface area (Å²) in [6, 6.07) is -0.837. The van der Waals surface area contributed by atoms with Gasteiger partial charge in [-0.2, -0.15) is 0 Å². The van der Waals surface area contributed by atoms with Crippen LogP contribution < -0.4 is 15.6 Å². The number of aryl methyl sites for hydroxylation is 1. The molecule has 4 heterocycles. The van der Waals surface area contributed by atoms with Crippen LogP contribution >= 0.6 is 34.9 Å². The van der Waals surface area contributed by atoms with Crippen LogP contribution in [0.25, 0.3) is 0 Å². The number of nitrogens with zero attached hydrogens (tertiary/aromatic N) is 4. The number of carboxylic acids is 1. The maximum absolute atomic E-state index is 12.6. The van der Waals surface area contributed by atoms with Gasteiger partial charge in [-0.15, -0.1) is 22.0 Å². The Morgan fingerprint density at radius 2 is 2.27 bits per heavy atom. The van der Waals surface area contributed by atoms with Gasteiger partial charge in [0.05, 0.1) is 0 Å². The fourth-order valence-corrected chi connectivity index (χ4v) is 6.32. The zero-order valence-electron chi connectivity index (χ0n) is 15.4. The maximum Gasteiger partial charge on any atom is 0.426 e. The molecule has 30 heavy (non-hydrogen) atoms. The maximum atomic E-state index is 12.6. The number of H-pyrrole nitrogens is 1. The molecule has 0 radical (unpaired) electrons. The van der Waals surface area contributed by atoms with E-state index in [0.29, 0.717) is 17.1 Å². The zero-order chi connectivity index (χ0) is 21.4. The molecule has 0 saturated carbocycles. The molecule has 2 atom stereocenters. The summed E-state index contributed by atoms with van der Waals surface area (Å²) in [7, 11) is 0. The quantitative estimate of drug-likeness (QED) is 0.258. The molecule has 0 aliphatic carbocycles. The van der Waals surface area contributed by atoms with Crippen LogP contribution in [0.5, 0.6) is 0 Å². The lowest BCUT2D eigenvalue weighted by atomic mass is 10.0. The summed E-state index contributed by atoms with van der Waals surface area (Å²) in [4.78, 5) is 48.9. The van der Waals surface area contributed by atoms with Gasteiger partial charge in [-0.1, -0.05) is 27.8 Å². The number of thioether (sulfide) groups is 2. The zero-order valence-corrected chi connectivity index (χ0v) is 17.8. The summed E-state index contributed by atoms with van der Waals surface area (Å²) in [5.41, 5.74) is -0.0651. The monoisotopic (exact) mass is 471 g/mol. The second kappa shape index (κ2) is 8.23. The third kappa shape index (κ3) is 3.99. The van der Waals surface area contributed by atoms with Crippen molar-refractivity contribution >= 4 is 52.6 Å². The lowest BCUT2D eigenvalue weighted by Crippen LogP contribution is -2.71. The van der Waals surface area contributed by atoms with Crippen molar-refractivity contribution < 1.29 is 28.7 Å². The highest BCUT2D eigenvalue weighted by atomic mass is 32.2. The van der Waals surface area contributed by atoms with Crippen molar-refractivity contribution in [2.45, 2.75) is 29.2 Å². The fourth-order valence-electron chi connectivity index (χ4n) is 3.02. The van der Waals surface area contributed by atoms with E-state index in [9.17, 15) is 24.3 Å². The molecule has 4 rings (SSSR count).